The number of halogens is 1. The van der Waals surface area contributed by atoms with Crippen LogP contribution < -0.4 is 10.4 Å². The average Bonchev–Trinajstić information content (AvgIpc) is 3.56. The normalized spacial score (nSPS) is 20.2. The number of hydrogen-bond acceptors (Lipinski definition) is 9. The van der Waals surface area contributed by atoms with E-state index in [4.69, 9.17) is 14.7 Å². The van der Waals surface area contributed by atoms with E-state index >= 15 is 0 Å². The molecule has 0 bridgehead atoms. The van der Waals surface area contributed by atoms with Crippen molar-refractivity contribution in [1.82, 2.24) is 30.4 Å². The Balaban J connectivity index is 1.31. The van der Waals surface area contributed by atoms with Crippen LogP contribution in [-0.4, -0.2) is 61.5 Å². The van der Waals surface area contributed by atoms with Crippen LogP contribution in [0, 0.1) is 5.82 Å². The van der Waals surface area contributed by atoms with E-state index in [9.17, 15) is 9.18 Å². The van der Waals surface area contributed by atoms with Crippen molar-refractivity contribution in [2.24, 2.45) is 0 Å². The lowest BCUT2D eigenvalue weighted by Gasteiger charge is -2.14. The zero-order chi connectivity index (χ0) is 22.1. The first kappa shape index (κ1) is 20.0. The molecule has 1 amide bonds. The van der Waals surface area contributed by atoms with E-state index in [-0.39, 0.29) is 13.2 Å². The number of nitrogens with one attached hydrogen (secondary N) is 1. The molecule has 2 aliphatic heterocycles. The van der Waals surface area contributed by atoms with Gasteiger partial charge >= 0.3 is 6.09 Å². The Hall–Kier alpha value is -3.90. The molecule has 12 heteroatoms. The summed E-state index contributed by atoms with van der Waals surface area (Å²) in [5.41, 5.74) is 4.34. The van der Waals surface area contributed by atoms with E-state index in [0.29, 0.717) is 34.9 Å². The Morgan fingerprint density at radius 2 is 2.12 bits per heavy atom. The summed E-state index contributed by atoms with van der Waals surface area (Å²) < 4.78 is 21.8. The van der Waals surface area contributed by atoms with Gasteiger partial charge in [0.15, 0.2) is 5.82 Å². The number of anilines is 1. The highest BCUT2D eigenvalue weighted by molar-refractivity contribution is 5.90. The van der Waals surface area contributed by atoms with Crippen molar-refractivity contribution in [3.8, 4) is 11.1 Å². The molecule has 1 unspecified atom stereocenters. The first-order valence-electron chi connectivity index (χ1n) is 9.79. The number of hydrogen-bond donors (Lipinski definition) is 2. The molecular weight excluding hydrogens is 421 g/mol. The molecule has 3 aromatic rings. The van der Waals surface area contributed by atoms with Crippen LogP contribution in [0.1, 0.15) is 5.82 Å². The first-order chi connectivity index (χ1) is 15.6. The van der Waals surface area contributed by atoms with Crippen molar-refractivity contribution >= 4 is 17.5 Å². The fourth-order valence-electron chi connectivity index (χ4n) is 3.48. The highest BCUT2D eigenvalue weighted by Crippen LogP contribution is 2.29. The Labute approximate surface area is 181 Å². The molecule has 2 aliphatic rings. The van der Waals surface area contributed by atoms with Crippen molar-refractivity contribution in [2.45, 2.75) is 18.8 Å². The van der Waals surface area contributed by atoms with E-state index in [2.05, 4.69) is 25.8 Å². The van der Waals surface area contributed by atoms with Crippen LogP contribution in [0.15, 0.2) is 49.1 Å². The van der Waals surface area contributed by atoms with Crippen molar-refractivity contribution < 1.29 is 23.9 Å². The zero-order valence-corrected chi connectivity index (χ0v) is 16.6. The van der Waals surface area contributed by atoms with E-state index in [1.807, 2.05) is 0 Å². The molecule has 164 valence electrons. The Morgan fingerprint density at radius 1 is 1.28 bits per heavy atom. The molecule has 11 nitrogen and oxygen atoms in total. The number of aromatic nitrogens is 5. The molecule has 32 heavy (non-hydrogen) atoms. The SMILES string of the molecule is O=C1O[C@@H](Cn2ccnn2)CN1c1ccc(-c2cnc(C3=CC(CO)ON3)nc2)c(F)c1. The third kappa shape index (κ3) is 3.88. The summed E-state index contributed by atoms with van der Waals surface area (Å²) in [6, 6.07) is 4.49. The number of carbonyl (C=O) groups is 1. The maximum Gasteiger partial charge on any atom is 0.414 e. The van der Waals surface area contributed by atoms with Gasteiger partial charge in [0.05, 0.1) is 31.6 Å². The largest absolute Gasteiger partial charge is 0.442 e. The maximum atomic E-state index is 14.9. The highest BCUT2D eigenvalue weighted by Gasteiger charge is 2.33. The van der Waals surface area contributed by atoms with Crippen LogP contribution in [0.25, 0.3) is 16.8 Å². The summed E-state index contributed by atoms with van der Waals surface area (Å²) in [6.07, 6.45) is 6.44. The van der Waals surface area contributed by atoms with E-state index in [0.717, 1.165) is 0 Å². The van der Waals surface area contributed by atoms with Gasteiger partial charge in [-0.2, -0.15) is 0 Å². The molecule has 2 N–H and O–H groups in total. The predicted octanol–water partition coefficient (Wildman–Crippen LogP) is 1.14. The standard InChI is InChI=1S/C20H18FN7O4/c21-17-5-13(28-10-15(31-20(28)30)9-27-4-3-24-26-27)1-2-16(17)12-7-22-19(23-8-12)18-6-14(11-29)32-25-18/h1-8,14-15,25,29H,9-11H2/t14?,15-/m0/s1. The van der Waals surface area contributed by atoms with Crippen LogP contribution in [0.2, 0.25) is 0 Å². The lowest BCUT2D eigenvalue weighted by Crippen LogP contribution is -2.26. The van der Waals surface area contributed by atoms with Gasteiger partial charge in [0.25, 0.3) is 0 Å². The maximum absolute atomic E-state index is 14.9. The Bertz CT molecular complexity index is 1150. The van der Waals surface area contributed by atoms with Crippen molar-refractivity contribution in [2.75, 3.05) is 18.1 Å². The van der Waals surface area contributed by atoms with Gasteiger partial charge in [0, 0.05) is 29.7 Å². The van der Waals surface area contributed by atoms with Crippen LogP contribution in [-0.2, 0) is 16.1 Å². The van der Waals surface area contributed by atoms with E-state index in [1.54, 1.807) is 35.3 Å². The molecule has 0 saturated carbocycles. The second-order valence-electron chi connectivity index (χ2n) is 7.22. The second-order valence-corrected chi connectivity index (χ2v) is 7.22. The molecule has 2 atom stereocenters. The number of aliphatic hydroxyl groups is 1. The molecule has 1 aromatic carbocycles. The number of hydroxylamine groups is 1. The molecule has 5 rings (SSSR count). The van der Waals surface area contributed by atoms with Crippen LogP contribution in [0.4, 0.5) is 14.9 Å². The fourth-order valence-corrected chi connectivity index (χ4v) is 3.48. The van der Waals surface area contributed by atoms with Crippen LogP contribution in [0.3, 0.4) is 0 Å². The number of aliphatic hydroxyl groups excluding tert-OH is 1. The molecule has 2 aromatic heterocycles. The number of benzene rings is 1. The number of amides is 1. The summed E-state index contributed by atoms with van der Waals surface area (Å²) in [7, 11) is 0. The Kier molecular flexibility index (Phi) is 5.21. The van der Waals surface area contributed by atoms with Gasteiger partial charge in [-0.15, -0.1) is 5.10 Å². The first-order valence-corrected chi connectivity index (χ1v) is 9.79. The number of carbonyl (C=O) groups excluding carboxylic acids is 1. The minimum atomic E-state index is -0.546. The summed E-state index contributed by atoms with van der Waals surface area (Å²) in [5, 5.41) is 16.7. The lowest BCUT2D eigenvalue weighted by molar-refractivity contribution is 0.0171. The molecular formula is C20H18FN7O4. The number of rotatable bonds is 6. The van der Waals surface area contributed by atoms with Gasteiger partial charge in [-0.05, 0) is 24.3 Å². The molecule has 0 spiro atoms. The summed E-state index contributed by atoms with van der Waals surface area (Å²) in [4.78, 5) is 27.2. The topological polar surface area (TPSA) is 128 Å². The number of cyclic esters (lactones) is 1. The van der Waals surface area contributed by atoms with Crippen LogP contribution >= 0.6 is 0 Å². The number of ether oxygens (including phenoxy) is 1. The fraction of sp³-hybridized carbons (Fsp3) is 0.250. The molecule has 1 fully saturated rings. The van der Waals surface area contributed by atoms with Gasteiger partial charge < -0.3 is 9.84 Å². The van der Waals surface area contributed by atoms with Crippen molar-refractivity contribution in [1.29, 1.82) is 0 Å². The highest BCUT2D eigenvalue weighted by atomic mass is 19.1. The minimum Gasteiger partial charge on any atom is -0.442 e. The molecule has 0 radical (unpaired) electrons. The van der Waals surface area contributed by atoms with E-state index in [1.165, 1.54) is 23.4 Å². The van der Waals surface area contributed by atoms with Crippen molar-refractivity contribution in [3.63, 3.8) is 0 Å². The minimum absolute atomic E-state index is 0.169. The predicted molar refractivity (Wildman–Crippen MR) is 108 cm³/mol. The van der Waals surface area contributed by atoms with E-state index < -0.39 is 24.1 Å². The zero-order valence-electron chi connectivity index (χ0n) is 16.6. The molecule has 4 heterocycles. The number of nitrogens with zero attached hydrogens (tertiary/aromatic N) is 6. The third-order valence-corrected chi connectivity index (χ3v) is 5.06. The van der Waals surface area contributed by atoms with Gasteiger partial charge in [-0.1, -0.05) is 5.21 Å². The second kappa shape index (κ2) is 8.32. The smallest absolute Gasteiger partial charge is 0.414 e. The van der Waals surface area contributed by atoms with Gasteiger partial charge in [0.1, 0.15) is 23.7 Å². The Morgan fingerprint density at radius 3 is 2.81 bits per heavy atom. The molecule has 1 saturated heterocycles. The lowest BCUT2D eigenvalue weighted by atomic mass is 10.1. The monoisotopic (exact) mass is 439 g/mol. The third-order valence-electron chi connectivity index (χ3n) is 5.06. The summed E-state index contributed by atoms with van der Waals surface area (Å²) >= 11 is 0. The summed E-state index contributed by atoms with van der Waals surface area (Å²) in [5.74, 6) is -0.159. The van der Waals surface area contributed by atoms with Gasteiger partial charge in [-0.3, -0.25) is 15.2 Å². The van der Waals surface area contributed by atoms with Crippen LogP contribution in [0.5, 0.6) is 0 Å². The molecule has 0 aliphatic carbocycles. The average molecular weight is 439 g/mol. The van der Waals surface area contributed by atoms with Gasteiger partial charge in [-0.25, -0.2) is 23.8 Å². The quantitative estimate of drug-likeness (QED) is 0.581. The van der Waals surface area contributed by atoms with Gasteiger partial charge in [0.2, 0.25) is 0 Å². The summed E-state index contributed by atoms with van der Waals surface area (Å²) in [6.45, 7) is 0.466. The van der Waals surface area contributed by atoms with Crippen molar-refractivity contribution in [3.05, 3.63) is 60.7 Å².